The van der Waals surface area contributed by atoms with Gasteiger partial charge in [-0.1, -0.05) is 13.0 Å². The van der Waals surface area contributed by atoms with E-state index in [1.807, 2.05) is 49.3 Å². The molecule has 0 radical (unpaired) electrons. The number of likely N-dealkylation sites (tertiary alicyclic amines) is 1. The lowest BCUT2D eigenvalue weighted by Crippen LogP contribution is -2.45. The SMILES string of the molecule is CCN1CCCC1CNC(=NCc1cccc(N(C)C)n1)NCCc1ccco1. The number of rotatable bonds is 9. The fraction of sp³-hybridized carbons (Fsp3) is 0.545. The average Bonchev–Trinajstić information content (AvgIpc) is 3.41. The highest BCUT2D eigenvalue weighted by Gasteiger charge is 2.22. The second kappa shape index (κ2) is 10.9. The van der Waals surface area contributed by atoms with Crippen molar-refractivity contribution in [2.75, 3.05) is 45.2 Å². The van der Waals surface area contributed by atoms with Crippen LogP contribution in [-0.2, 0) is 13.0 Å². The van der Waals surface area contributed by atoms with Crippen molar-refractivity contribution in [2.24, 2.45) is 4.99 Å². The molecule has 2 aromatic heterocycles. The van der Waals surface area contributed by atoms with Crippen LogP contribution in [0.3, 0.4) is 0 Å². The number of aromatic nitrogens is 1. The Kier molecular flexibility index (Phi) is 7.93. The van der Waals surface area contributed by atoms with E-state index in [2.05, 4.69) is 27.4 Å². The third-order valence-corrected chi connectivity index (χ3v) is 5.30. The van der Waals surface area contributed by atoms with Gasteiger partial charge in [0.25, 0.3) is 0 Å². The summed E-state index contributed by atoms with van der Waals surface area (Å²) in [5.41, 5.74) is 0.958. The van der Waals surface area contributed by atoms with Crippen molar-refractivity contribution in [2.45, 2.75) is 38.8 Å². The number of likely N-dealkylation sites (N-methyl/N-ethyl adjacent to an activating group) is 1. The van der Waals surface area contributed by atoms with E-state index in [1.165, 1.54) is 19.4 Å². The molecular weight excluding hydrogens is 364 g/mol. The normalized spacial score (nSPS) is 17.5. The zero-order chi connectivity index (χ0) is 20.5. The summed E-state index contributed by atoms with van der Waals surface area (Å²) in [6.07, 6.45) is 5.06. The van der Waals surface area contributed by atoms with Gasteiger partial charge in [-0.25, -0.2) is 9.98 Å². The molecule has 0 bridgehead atoms. The molecule has 1 fully saturated rings. The topological polar surface area (TPSA) is 68.9 Å². The number of anilines is 1. The van der Waals surface area contributed by atoms with Gasteiger partial charge in [0.2, 0.25) is 0 Å². The Bertz CT molecular complexity index is 758. The first-order valence-electron chi connectivity index (χ1n) is 10.6. The van der Waals surface area contributed by atoms with E-state index in [4.69, 9.17) is 9.41 Å². The number of aliphatic imine (C=N–C) groups is 1. The predicted molar refractivity (Wildman–Crippen MR) is 118 cm³/mol. The molecule has 0 amide bonds. The Hall–Kier alpha value is -2.54. The molecular formula is C22H34N6O. The van der Waals surface area contributed by atoms with Gasteiger partial charge in [0.05, 0.1) is 18.5 Å². The summed E-state index contributed by atoms with van der Waals surface area (Å²) < 4.78 is 5.43. The summed E-state index contributed by atoms with van der Waals surface area (Å²) in [6, 6.07) is 10.6. The molecule has 1 unspecified atom stereocenters. The molecule has 1 aliphatic rings. The number of furan rings is 1. The summed E-state index contributed by atoms with van der Waals surface area (Å²) >= 11 is 0. The molecule has 3 heterocycles. The highest BCUT2D eigenvalue weighted by Crippen LogP contribution is 2.15. The first-order valence-corrected chi connectivity index (χ1v) is 10.6. The number of nitrogens with one attached hydrogen (secondary N) is 2. The van der Waals surface area contributed by atoms with Crippen molar-refractivity contribution in [1.29, 1.82) is 0 Å². The Balaban J connectivity index is 1.60. The standard InChI is InChI=1S/C22H34N6O/c1-4-28-14-6-9-19(28)17-25-22(23-13-12-20-10-7-15-29-20)24-16-18-8-5-11-21(26-18)27(2)3/h5,7-8,10-11,15,19H,4,6,9,12-14,16-17H2,1-3H3,(H2,23,24,25). The van der Waals surface area contributed by atoms with E-state index in [0.717, 1.165) is 49.3 Å². The van der Waals surface area contributed by atoms with Crippen molar-refractivity contribution >= 4 is 11.8 Å². The molecule has 7 nitrogen and oxygen atoms in total. The molecule has 158 valence electrons. The van der Waals surface area contributed by atoms with E-state index in [-0.39, 0.29) is 0 Å². The van der Waals surface area contributed by atoms with Gasteiger partial charge in [-0.3, -0.25) is 4.90 Å². The maximum absolute atomic E-state index is 5.43. The van der Waals surface area contributed by atoms with Crippen LogP contribution in [0.25, 0.3) is 0 Å². The smallest absolute Gasteiger partial charge is 0.191 e. The van der Waals surface area contributed by atoms with Gasteiger partial charge in [-0.05, 0) is 50.2 Å². The molecule has 0 aliphatic carbocycles. The molecule has 1 aliphatic heterocycles. The van der Waals surface area contributed by atoms with E-state index < -0.39 is 0 Å². The monoisotopic (exact) mass is 398 g/mol. The van der Waals surface area contributed by atoms with Gasteiger partial charge < -0.3 is 20.0 Å². The van der Waals surface area contributed by atoms with Gasteiger partial charge >= 0.3 is 0 Å². The lowest BCUT2D eigenvalue weighted by molar-refractivity contribution is 0.267. The molecule has 0 spiro atoms. The van der Waals surface area contributed by atoms with Gasteiger partial charge in [-0.2, -0.15) is 0 Å². The lowest BCUT2D eigenvalue weighted by Gasteiger charge is -2.24. The second-order valence-corrected chi connectivity index (χ2v) is 7.61. The van der Waals surface area contributed by atoms with Gasteiger partial charge in [0.15, 0.2) is 5.96 Å². The predicted octanol–water partition coefficient (Wildman–Crippen LogP) is 2.50. The molecule has 7 heteroatoms. The molecule has 29 heavy (non-hydrogen) atoms. The Morgan fingerprint density at radius 3 is 2.93 bits per heavy atom. The fourth-order valence-corrected chi connectivity index (χ4v) is 3.65. The van der Waals surface area contributed by atoms with Crippen LogP contribution in [0.15, 0.2) is 46.0 Å². The van der Waals surface area contributed by atoms with Crippen LogP contribution in [0.4, 0.5) is 5.82 Å². The van der Waals surface area contributed by atoms with Crippen molar-refractivity contribution < 1.29 is 4.42 Å². The Labute approximate surface area is 174 Å². The quantitative estimate of drug-likeness (QED) is 0.500. The lowest BCUT2D eigenvalue weighted by atomic mass is 10.2. The van der Waals surface area contributed by atoms with E-state index in [1.54, 1.807) is 6.26 Å². The Morgan fingerprint density at radius 1 is 1.28 bits per heavy atom. The summed E-state index contributed by atoms with van der Waals surface area (Å²) in [4.78, 5) is 14.0. The second-order valence-electron chi connectivity index (χ2n) is 7.61. The highest BCUT2D eigenvalue weighted by atomic mass is 16.3. The summed E-state index contributed by atoms with van der Waals surface area (Å²) in [7, 11) is 4.00. The molecule has 1 saturated heterocycles. The van der Waals surface area contributed by atoms with E-state index in [0.29, 0.717) is 12.6 Å². The molecule has 0 saturated carbocycles. The van der Waals surface area contributed by atoms with Crippen molar-refractivity contribution in [3.63, 3.8) is 0 Å². The Morgan fingerprint density at radius 2 is 2.17 bits per heavy atom. The minimum Gasteiger partial charge on any atom is -0.469 e. The maximum atomic E-state index is 5.43. The highest BCUT2D eigenvalue weighted by molar-refractivity contribution is 5.79. The summed E-state index contributed by atoms with van der Waals surface area (Å²) in [6.45, 7) is 6.75. The van der Waals surface area contributed by atoms with Gasteiger partial charge in [0.1, 0.15) is 11.6 Å². The van der Waals surface area contributed by atoms with Crippen molar-refractivity contribution in [3.8, 4) is 0 Å². The first-order chi connectivity index (χ1) is 14.2. The van der Waals surface area contributed by atoms with E-state index >= 15 is 0 Å². The first kappa shape index (κ1) is 21.2. The van der Waals surface area contributed by atoms with Gasteiger partial charge in [-0.15, -0.1) is 0 Å². The average molecular weight is 399 g/mol. The van der Waals surface area contributed by atoms with Crippen molar-refractivity contribution in [3.05, 3.63) is 48.0 Å². The van der Waals surface area contributed by atoms with Crippen LogP contribution in [0.1, 0.15) is 31.2 Å². The number of guanidine groups is 1. The molecule has 1 atom stereocenters. The molecule has 0 aromatic carbocycles. The zero-order valence-corrected chi connectivity index (χ0v) is 17.9. The van der Waals surface area contributed by atoms with Crippen molar-refractivity contribution in [1.82, 2.24) is 20.5 Å². The molecule has 2 aromatic rings. The van der Waals surface area contributed by atoms with Gasteiger partial charge in [0, 0.05) is 39.6 Å². The largest absolute Gasteiger partial charge is 0.469 e. The van der Waals surface area contributed by atoms with Crippen LogP contribution in [0.5, 0.6) is 0 Å². The number of nitrogens with zero attached hydrogens (tertiary/aromatic N) is 4. The summed E-state index contributed by atoms with van der Waals surface area (Å²) in [5.74, 6) is 2.75. The van der Waals surface area contributed by atoms with E-state index in [9.17, 15) is 0 Å². The number of hydrogen-bond donors (Lipinski definition) is 2. The molecule has 2 N–H and O–H groups in total. The third-order valence-electron chi connectivity index (χ3n) is 5.30. The minimum absolute atomic E-state index is 0.542. The minimum atomic E-state index is 0.542. The zero-order valence-electron chi connectivity index (χ0n) is 17.9. The van der Waals surface area contributed by atoms with Crippen LogP contribution in [-0.4, -0.2) is 62.2 Å². The molecule has 3 rings (SSSR count). The fourth-order valence-electron chi connectivity index (χ4n) is 3.65. The van der Waals surface area contributed by atoms with Crippen LogP contribution < -0.4 is 15.5 Å². The number of pyridine rings is 1. The van der Waals surface area contributed by atoms with Crippen LogP contribution in [0.2, 0.25) is 0 Å². The number of hydrogen-bond acceptors (Lipinski definition) is 5. The third kappa shape index (κ3) is 6.49. The van der Waals surface area contributed by atoms with Crippen LogP contribution >= 0.6 is 0 Å². The van der Waals surface area contributed by atoms with Crippen LogP contribution in [0, 0.1) is 0 Å². The summed E-state index contributed by atoms with van der Waals surface area (Å²) in [5, 5.41) is 6.99. The maximum Gasteiger partial charge on any atom is 0.191 e.